The fourth-order valence-corrected chi connectivity index (χ4v) is 4.82. The minimum Gasteiger partial charge on any atom is -0.377 e. The van der Waals surface area contributed by atoms with Crippen molar-refractivity contribution in [2.45, 2.75) is 31.4 Å². The molecule has 0 radical (unpaired) electrons. The van der Waals surface area contributed by atoms with Gasteiger partial charge in [-0.05, 0) is 13.3 Å². The van der Waals surface area contributed by atoms with Gasteiger partial charge in [-0.3, -0.25) is 0 Å². The molecule has 0 spiro atoms. The molecular formula is C9H20O4Si. The van der Waals surface area contributed by atoms with Crippen LogP contribution in [0.15, 0.2) is 0 Å². The molecule has 1 aliphatic rings. The van der Waals surface area contributed by atoms with Crippen LogP contribution >= 0.6 is 0 Å². The first-order valence-corrected chi connectivity index (χ1v) is 6.68. The van der Waals surface area contributed by atoms with Gasteiger partial charge in [0, 0.05) is 21.3 Å². The van der Waals surface area contributed by atoms with E-state index in [1.807, 2.05) is 0 Å². The van der Waals surface area contributed by atoms with E-state index in [1.54, 1.807) is 21.3 Å². The molecule has 0 aromatic rings. The average Bonchev–Trinajstić information content (AvgIpc) is 2.94. The molecule has 2 unspecified atom stereocenters. The van der Waals surface area contributed by atoms with Crippen LogP contribution in [0.1, 0.15) is 20.3 Å². The molecule has 5 heteroatoms. The van der Waals surface area contributed by atoms with E-state index in [0.717, 1.165) is 13.0 Å². The first-order valence-electron chi connectivity index (χ1n) is 4.88. The molecule has 2 atom stereocenters. The second-order valence-corrected chi connectivity index (χ2v) is 6.91. The van der Waals surface area contributed by atoms with Crippen molar-refractivity contribution in [3.05, 3.63) is 0 Å². The summed E-state index contributed by atoms with van der Waals surface area (Å²) in [5.41, 5.74) is 0.109. The van der Waals surface area contributed by atoms with Gasteiger partial charge in [0.25, 0.3) is 0 Å². The lowest BCUT2D eigenvalue weighted by Gasteiger charge is -2.34. The average molecular weight is 220 g/mol. The molecule has 0 saturated carbocycles. The standard InChI is InChI=1S/C9H20O4Si/c1-6-8(9(2)7-13-9)14(10-3,11-4)12-5/h8H,6-7H2,1-5H3. The van der Waals surface area contributed by atoms with Gasteiger partial charge in [0.2, 0.25) is 0 Å². The highest BCUT2D eigenvalue weighted by Crippen LogP contribution is 2.47. The van der Waals surface area contributed by atoms with Crippen molar-refractivity contribution in [3.63, 3.8) is 0 Å². The fourth-order valence-electron chi connectivity index (χ4n) is 2.05. The van der Waals surface area contributed by atoms with Gasteiger partial charge >= 0.3 is 8.80 Å². The molecule has 1 aliphatic heterocycles. The lowest BCUT2D eigenvalue weighted by atomic mass is 10.1. The van der Waals surface area contributed by atoms with Crippen LogP contribution in [0.5, 0.6) is 0 Å². The highest BCUT2D eigenvalue weighted by Gasteiger charge is 2.61. The van der Waals surface area contributed by atoms with Crippen LogP contribution in [0.3, 0.4) is 0 Å². The van der Waals surface area contributed by atoms with Crippen LogP contribution in [0.25, 0.3) is 0 Å². The van der Waals surface area contributed by atoms with E-state index in [9.17, 15) is 0 Å². The predicted octanol–water partition coefficient (Wildman–Crippen LogP) is 1.43. The molecule has 0 amide bonds. The summed E-state index contributed by atoms with van der Waals surface area (Å²) in [6.07, 6.45) is 0.943. The van der Waals surface area contributed by atoms with Gasteiger partial charge in [-0.25, -0.2) is 0 Å². The van der Waals surface area contributed by atoms with Crippen LogP contribution in [0.4, 0.5) is 0 Å². The lowest BCUT2D eigenvalue weighted by molar-refractivity contribution is 0.0951. The summed E-state index contributed by atoms with van der Waals surface area (Å²) in [6, 6.07) is 0. The van der Waals surface area contributed by atoms with Gasteiger partial charge in [0.1, 0.15) is 0 Å². The Balaban J connectivity index is 2.83. The zero-order valence-electron chi connectivity index (χ0n) is 9.62. The Hall–Kier alpha value is 0.0569. The van der Waals surface area contributed by atoms with Crippen molar-refractivity contribution < 1.29 is 18.0 Å². The van der Waals surface area contributed by atoms with E-state index in [1.165, 1.54) is 0 Å². The summed E-state index contributed by atoms with van der Waals surface area (Å²) in [7, 11) is 2.39. The van der Waals surface area contributed by atoms with Gasteiger partial charge in [-0.2, -0.15) is 0 Å². The largest absolute Gasteiger partial charge is 0.506 e. The van der Waals surface area contributed by atoms with Gasteiger partial charge in [0.15, 0.2) is 0 Å². The van der Waals surface area contributed by atoms with E-state index in [2.05, 4.69) is 13.8 Å². The van der Waals surface area contributed by atoms with E-state index < -0.39 is 8.80 Å². The van der Waals surface area contributed by atoms with Crippen molar-refractivity contribution in [2.75, 3.05) is 27.9 Å². The van der Waals surface area contributed by atoms with Gasteiger partial charge in [-0.15, -0.1) is 0 Å². The molecule has 1 fully saturated rings. The Morgan fingerprint density at radius 3 is 1.93 bits per heavy atom. The maximum Gasteiger partial charge on any atom is 0.506 e. The molecule has 0 aliphatic carbocycles. The summed E-state index contributed by atoms with van der Waals surface area (Å²) in [6.45, 7) is 4.96. The predicted molar refractivity (Wildman–Crippen MR) is 55.2 cm³/mol. The Morgan fingerprint density at radius 1 is 1.29 bits per heavy atom. The van der Waals surface area contributed by atoms with Crippen LogP contribution in [-0.2, 0) is 18.0 Å². The summed E-state index contributed by atoms with van der Waals surface area (Å²) in [5, 5.41) is 0. The number of rotatable bonds is 6. The maximum absolute atomic E-state index is 5.47. The third kappa shape index (κ3) is 1.87. The maximum atomic E-state index is 5.47. The number of epoxide rings is 1. The number of hydrogen-bond acceptors (Lipinski definition) is 4. The number of ether oxygens (including phenoxy) is 1. The summed E-state index contributed by atoms with van der Waals surface area (Å²) in [5.74, 6) is 0. The molecule has 1 heterocycles. The second kappa shape index (κ2) is 4.28. The van der Waals surface area contributed by atoms with Crippen molar-refractivity contribution in [3.8, 4) is 0 Å². The Kier molecular flexibility index (Phi) is 3.71. The molecule has 0 aromatic heterocycles. The van der Waals surface area contributed by atoms with Crippen molar-refractivity contribution in [1.82, 2.24) is 0 Å². The minimum atomic E-state index is -2.54. The van der Waals surface area contributed by atoms with Crippen molar-refractivity contribution in [2.24, 2.45) is 0 Å². The first-order chi connectivity index (χ1) is 6.58. The highest BCUT2D eigenvalue weighted by atomic mass is 28.4. The highest BCUT2D eigenvalue weighted by molar-refractivity contribution is 6.62. The van der Waals surface area contributed by atoms with Crippen LogP contribution in [0.2, 0.25) is 5.54 Å². The molecule has 0 N–H and O–H groups in total. The van der Waals surface area contributed by atoms with E-state index >= 15 is 0 Å². The smallest absolute Gasteiger partial charge is 0.377 e. The lowest BCUT2D eigenvalue weighted by Crippen LogP contribution is -2.51. The zero-order chi connectivity index (χ0) is 10.8. The van der Waals surface area contributed by atoms with E-state index in [-0.39, 0.29) is 11.1 Å². The Bertz CT molecular complexity index is 181. The third-order valence-corrected chi connectivity index (χ3v) is 6.60. The van der Waals surface area contributed by atoms with Crippen molar-refractivity contribution >= 4 is 8.80 Å². The van der Waals surface area contributed by atoms with Gasteiger partial charge in [-0.1, -0.05) is 6.92 Å². The molecule has 4 nitrogen and oxygen atoms in total. The molecule has 0 bridgehead atoms. The van der Waals surface area contributed by atoms with Gasteiger partial charge in [0.05, 0.1) is 17.7 Å². The van der Waals surface area contributed by atoms with Crippen molar-refractivity contribution in [1.29, 1.82) is 0 Å². The van der Waals surface area contributed by atoms with E-state index in [0.29, 0.717) is 0 Å². The van der Waals surface area contributed by atoms with Crippen LogP contribution in [-0.4, -0.2) is 42.3 Å². The monoisotopic (exact) mass is 220 g/mol. The summed E-state index contributed by atoms with van der Waals surface area (Å²) < 4.78 is 21.9. The summed E-state index contributed by atoms with van der Waals surface area (Å²) >= 11 is 0. The Morgan fingerprint density at radius 2 is 1.71 bits per heavy atom. The molecule has 14 heavy (non-hydrogen) atoms. The minimum absolute atomic E-state index is 0.108. The molecule has 1 saturated heterocycles. The molecule has 84 valence electrons. The molecular weight excluding hydrogens is 200 g/mol. The van der Waals surface area contributed by atoms with Gasteiger partial charge < -0.3 is 18.0 Å². The van der Waals surface area contributed by atoms with Crippen LogP contribution < -0.4 is 0 Å². The normalized spacial score (nSPS) is 28.9. The number of hydrogen-bond donors (Lipinski definition) is 0. The molecule has 0 aromatic carbocycles. The Labute approximate surface area is 86.9 Å². The topological polar surface area (TPSA) is 40.2 Å². The van der Waals surface area contributed by atoms with Crippen LogP contribution in [0, 0.1) is 0 Å². The fraction of sp³-hybridized carbons (Fsp3) is 1.00. The SMILES string of the molecule is CCC(C1(C)CO1)[Si](OC)(OC)OC. The molecule has 1 rings (SSSR count). The third-order valence-electron chi connectivity index (χ3n) is 3.03. The summed E-state index contributed by atoms with van der Waals surface area (Å²) in [4.78, 5) is 0. The van der Waals surface area contributed by atoms with E-state index in [4.69, 9.17) is 18.0 Å². The first kappa shape index (κ1) is 12.1. The zero-order valence-corrected chi connectivity index (χ0v) is 10.6. The quantitative estimate of drug-likeness (QED) is 0.501. The second-order valence-electron chi connectivity index (χ2n) is 3.78.